The van der Waals surface area contributed by atoms with Gasteiger partial charge in [0.2, 0.25) is 5.91 Å². The first kappa shape index (κ1) is 8.27. The Morgan fingerprint density at radius 3 is 3.00 bits per heavy atom. The van der Waals surface area contributed by atoms with Gasteiger partial charge in [0.05, 0.1) is 0 Å². The van der Waals surface area contributed by atoms with Crippen LogP contribution in [0.4, 0.5) is 0 Å². The molecular weight excluding hydrogens is 158 g/mol. The standard InChI is InChI=1S/C8H10NOS/c9-8(10)5-1-3-7-4-2-6-11-7/h2,4,6,9H,1,3,5H2. The quantitative estimate of drug-likeness (QED) is 0.676. The fourth-order valence-corrected chi connectivity index (χ4v) is 1.63. The van der Waals surface area contributed by atoms with Gasteiger partial charge in [0.15, 0.2) is 0 Å². The first-order valence-electron chi connectivity index (χ1n) is 3.56. The molecule has 2 nitrogen and oxygen atoms in total. The van der Waals surface area contributed by atoms with Crippen LogP contribution in [0.3, 0.4) is 0 Å². The number of thiophene rings is 1. The van der Waals surface area contributed by atoms with E-state index < -0.39 is 5.91 Å². The van der Waals surface area contributed by atoms with E-state index >= 15 is 0 Å². The summed E-state index contributed by atoms with van der Waals surface area (Å²) in [5.41, 5.74) is 6.67. The molecule has 0 aliphatic carbocycles. The lowest BCUT2D eigenvalue weighted by molar-refractivity contribution is -0.118. The van der Waals surface area contributed by atoms with Gasteiger partial charge in [0.25, 0.3) is 0 Å². The average molecular weight is 168 g/mol. The van der Waals surface area contributed by atoms with Crippen molar-refractivity contribution in [2.45, 2.75) is 19.3 Å². The van der Waals surface area contributed by atoms with E-state index in [4.69, 9.17) is 5.73 Å². The predicted molar refractivity (Wildman–Crippen MR) is 45.4 cm³/mol. The van der Waals surface area contributed by atoms with E-state index in [9.17, 15) is 4.79 Å². The van der Waals surface area contributed by atoms with Crippen LogP contribution in [0.2, 0.25) is 0 Å². The monoisotopic (exact) mass is 168 g/mol. The van der Waals surface area contributed by atoms with Crippen molar-refractivity contribution in [3.8, 4) is 0 Å². The molecule has 1 heterocycles. The summed E-state index contributed by atoms with van der Waals surface area (Å²) in [6.45, 7) is 0. The van der Waals surface area contributed by atoms with E-state index in [-0.39, 0.29) is 0 Å². The molecule has 1 N–H and O–H groups in total. The number of rotatable bonds is 4. The maximum absolute atomic E-state index is 10.2. The topological polar surface area (TPSA) is 40.9 Å². The maximum atomic E-state index is 10.2. The molecule has 1 aromatic rings. The Hall–Kier alpha value is -0.830. The SMILES string of the molecule is [NH]C(=O)CCCc1cccs1. The molecule has 0 unspecified atom stereocenters. The second-order valence-corrected chi connectivity index (χ2v) is 3.39. The van der Waals surface area contributed by atoms with Crippen molar-refractivity contribution in [3.05, 3.63) is 22.4 Å². The Morgan fingerprint density at radius 1 is 1.64 bits per heavy atom. The molecule has 0 saturated carbocycles. The molecule has 0 fully saturated rings. The van der Waals surface area contributed by atoms with Crippen molar-refractivity contribution in [2.75, 3.05) is 0 Å². The fourth-order valence-electron chi connectivity index (χ4n) is 0.878. The van der Waals surface area contributed by atoms with E-state index in [1.807, 2.05) is 11.4 Å². The van der Waals surface area contributed by atoms with Gasteiger partial charge in [0, 0.05) is 11.3 Å². The highest BCUT2D eigenvalue weighted by Gasteiger charge is 1.96. The third-order valence-electron chi connectivity index (χ3n) is 1.41. The number of amides is 1. The highest BCUT2D eigenvalue weighted by molar-refractivity contribution is 7.09. The number of hydrogen-bond acceptors (Lipinski definition) is 2. The molecular formula is C8H10NOS. The minimum Gasteiger partial charge on any atom is -0.273 e. The molecule has 1 rings (SSSR count). The Morgan fingerprint density at radius 2 is 2.45 bits per heavy atom. The first-order valence-corrected chi connectivity index (χ1v) is 4.44. The summed E-state index contributed by atoms with van der Waals surface area (Å²) in [4.78, 5) is 11.5. The molecule has 0 atom stereocenters. The highest BCUT2D eigenvalue weighted by atomic mass is 32.1. The zero-order chi connectivity index (χ0) is 8.10. The summed E-state index contributed by atoms with van der Waals surface area (Å²) in [5, 5.41) is 2.03. The second-order valence-electron chi connectivity index (χ2n) is 2.36. The van der Waals surface area contributed by atoms with Crippen LogP contribution in [0.5, 0.6) is 0 Å². The van der Waals surface area contributed by atoms with Gasteiger partial charge in [-0.25, -0.2) is 0 Å². The van der Waals surface area contributed by atoms with E-state index in [0.717, 1.165) is 12.8 Å². The molecule has 0 saturated heterocycles. The third-order valence-corrected chi connectivity index (χ3v) is 2.34. The Bertz CT molecular complexity index is 218. The largest absolute Gasteiger partial charge is 0.273 e. The van der Waals surface area contributed by atoms with Gasteiger partial charge >= 0.3 is 0 Å². The van der Waals surface area contributed by atoms with Crippen LogP contribution in [-0.2, 0) is 11.2 Å². The summed E-state index contributed by atoms with van der Waals surface area (Å²) in [5.74, 6) is -0.457. The van der Waals surface area contributed by atoms with E-state index in [1.165, 1.54) is 4.88 Å². The van der Waals surface area contributed by atoms with Crippen LogP contribution < -0.4 is 5.73 Å². The number of aryl methyl sites for hydroxylation is 1. The molecule has 0 aliphatic rings. The van der Waals surface area contributed by atoms with Crippen LogP contribution in [-0.4, -0.2) is 5.91 Å². The summed E-state index contributed by atoms with van der Waals surface area (Å²) in [7, 11) is 0. The number of carbonyl (C=O) groups excluding carboxylic acids is 1. The predicted octanol–water partition coefficient (Wildman–Crippen LogP) is 1.88. The summed E-state index contributed by atoms with van der Waals surface area (Å²) in [6.07, 6.45) is 2.13. The van der Waals surface area contributed by atoms with Crippen LogP contribution >= 0.6 is 11.3 Å². The summed E-state index contributed by atoms with van der Waals surface area (Å²) in [6, 6.07) is 4.06. The lowest BCUT2D eigenvalue weighted by Crippen LogP contribution is -1.97. The van der Waals surface area contributed by atoms with Crippen molar-refractivity contribution >= 4 is 17.2 Å². The molecule has 1 aromatic heterocycles. The first-order chi connectivity index (χ1) is 5.29. The second kappa shape index (κ2) is 4.13. The van der Waals surface area contributed by atoms with Gasteiger partial charge in [-0.1, -0.05) is 6.07 Å². The molecule has 0 aromatic carbocycles. The van der Waals surface area contributed by atoms with Crippen molar-refractivity contribution in [1.29, 1.82) is 0 Å². The van der Waals surface area contributed by atoms with Crippen molar-refractivity contribution in [2.24, 2.45) is 0 Å². The molecule has 59 valence electrons. The average Bonchev–Trinajstić information content (AvgIpc) is 2.39. The van der Waals surface area contributed by atoms with E-state index in [1.54, 1.807) is 11.3 Å². The third kappa shape index (κ3) is 3.18. The van der Waals surface area contributed by atoms with Crippen LogP contribution in [0.15, 0.2) is 17.5 Å². The van der Waals surface area contributed by atoms with Gasteiger partial charge < -0.3 is 0 Å². The smallest absolute Gasteiger partial charge is 0.238 e. The lowest BCUT2D eigenvalue weighted by Gasteiger charge is -1.92. The number of carbonyl (C=O) groups is 1. The molecule has 3 heteroatoms. The molecule has 11 heavy (non-hydrogen) atoms. The normalized spacial score (nSPS) is 9.82. The van der Waals surface area contributed by atoms with Crippen LogP contribution in [0, 0.1) is 0 Å². The van der Waals surface area contributed by atoms with Gasteiger partial charge in [0.1, 0.15) is 0 Å². The number of nitrogens with one attached hydrogen (secondary N) is 1. The van der Waals surface area contributed by atoms with E-state index in [0.29, 0.717) is 6.42 Å². The highest BCUT2D eigenvalue weighted by Crippen LogP contribution is 2.11. The van der Waals surface area contributed by atoms with E-state index in [2.05, 4.69) is 6.07 Å². The van der Waals surface area contributed by atoms with Crippen molar-refractivity contribution < 1.29 is 4.79 Å². The Kier molecular flexibility index (Phi) is 3.11. The Balaban J connectivity index is 2.19. The van der Waals surface area contributed by atoms with Gasteiger partial charge in [-0.3, -0.25) is 10.5 Å². The molecule has 1 radical (unpaired) electrons. The molecule has 0 bridgehead atoms. The number of hydrogen-bond donors (Lipinski definition) is 0. The molecule has 0 aliphatic heterocycles. The Labute approximate surface area is 70.0 Å². The van der Waals surface area contributed by atoms with Crippen molar-refractivity contribution in [1.82, 2.24) is 5.73 Å². The maximum Gasteiger partial charge on any atom is 0.238 e. The minimum absolute atomic E-state index is 0.387. The summed E-state index contributed by atoms with van der Waals surface area (Å²) < 4.78 is 0. The van der Waals surface area contributed by atoms with Crippen molar-refractivity contribution in [3.63, 3.8) is 0 Å². The zero-order valence-corrected chi connectivity index (χ0v) is 6.99. The lowest BCUT2D eigenvalue weighted by atomic mass is 10.2. The van der Waals surface area contributed by atoms with Gasteiger partial charge in [-0.2, -0.15) is 0 Å². The van der Waals surface area contributed by atoms with Crippen LogP contribution in [0.25, 0.3) is 0 Å². The minimum atomic E-state index is -0.457. The van der Waals surface area contributed by atoms with Gasteiger partial charge in [-0.15, -0.1) is 11.3 Å². The molecule has 1 amide bonds. The zero-order valence-electron chi connectivity index (χ0n) is 6.17. The fraction of sp³-hybridized carbons (Fsp3) is 0.375. The van der Waals surface area contributed by atoms with Gasteiger partial charge in [-0.05, 0) is 24.3 Å². The van der Waals surface area contributed by atoms with Crippen LogP contribution in [0.1, 0.15) is 17.7 Å². The molecule has 0 spiro atoms. The summed E-state index contributed by atoms with van der Waals surface area (Å²) >= 11 is 1.70.